The van der Waals surface area contributed by atoms with Gasteiger partial charge >= 0.3 is 0 Å². The SMILES string of the molecule is COc1ccc2c(c1)c(C(=O)c1ncc(-c3cccnc3)s1)c(C)n2Cc1ccc(Cl)cc1. The molecule has 5 aromatic rings. The van der Waals surface area contributed by atoms with Crippen molar-refractivity contribution in [2.24, 2.45) is 0 Å². The molecule has 0 saturated heterocycles. The van der Waals surface area contributed by atoms with Gasteiger partial charge in [-0.05, 0) is 48.9 Å². The molecule has 0 saturated carbocycles. The van der Waals surface area contributed by atoms with Crippen LogP contribution in [0.15, 0.2) is 73.2 Å². The van der Waals surface area contributed by atoms with E-state index in [1.807, 2.05) is 61.5 Å². The van der Waals surface area contributed by atoms with Gasteiger partial charge in [0.05, 0.1) is 17.6 Å². The van der Waals surface area contributed by atoms with Gasteiger partial charge in [-0.2, -0.15) is 0 Å². The normalized spacial score (nSPS) is 11.1. The number of hydrogen-bond donors (Lipinski definition) is 0. The molecular weight excluding hydrogens is 454 g/mol. The Labute approximate surface area is 200 Å². The molecule has 0 aliphatic carbocycles. The summed E-state index contributed by atoms with van der Waals surface area (Å²) in [6.07, 6.45) is 5.23. The Balaban J connectivity index is 1.61. The Morgan fingerprint density at radius 2 is 1.94 bits per heavy atom. The number of rotatable bonds is 6. The highest BCUT2D eigenvalue weighted by Crippen LogP contribution is 2.34. The Kier molecular flexibility index (Phi) is 5.70. The molecule has 0 radical (unpaired) electrons. The number of ketones is 1. The molecule has 7 heteroatoms. The van der Waals surface area contributed by atoms with E-state index in [2.05, 4.69) is 14.5 Å². The lowest BCUT2D eigenvalue weighted by Gasteiger charge is -2.09. The van der Waals surface area contributed by atoms with Crippen molar-refractivity contribution in [3.8, 4) is 16.2 Å². The van der Waals surface area contributed by atoms with E-state index in [0.717, 1.165) is 32.6 Å². The number of aromatic nitrogens is 3. The van der Waals surface area contributed by atoms with Crippen molar-refractivity contribution in [1.29, 1.82) is 0 Å². The molecular formula is C26H20ClN3O2S. The van der Waals surface area contributed by atoms with Gasteiger partial charge in [0.25, 0.3) is 0 Å². The first-order chi connectivity index (χ1) is 16.0. The van der Waals surface area contributed by atoms with Crippen LogP contribution < -0.4 is 4.74 Å². The van der Waals surface area contributed by atoms with Crippen molar-refractivity contribution in [1.82, 2.24) is 14.5 Å². The van der Waals surface area contributed by atoms with E-state index in [4.69, 9.17) is 16.3 Å². The summed E-state index contributed by atoms with van der Waals surface area (Å²) in [5, 5.41) is 2.00. The average molecular weight is 474 g/mol. The van der Waals surface area contributed by atoms with E-state index < -0.39 is 0 Å². The maximum absolute atomic E-state index is 13.7. The Morgan fingerprint density at radius 3 is 2.67 bits per heavy atom. The van der Waals surface area contributed by atoms with Gasteiger partial charge in [0.15, 0.2) is 5.01 Å². The first kappa shape index (κ1) is 21.4. The molecule has 3 aromatic heterocycles. The Hall–Kier alpha value is -3.48. The van der Waals surface area contributed by atoms with E-state index in [-0.39, 0.29) is 5.78 Å². The van der Waals surface area contributed by atoms with Gasteiger partial charge < -0.3 is 9.30 Å². The summed E-state index contributed by atoms with van der Waals surface area (Å²) < 4.78 is 7.60. The summed E-state index contributed by atoms with van der Waals surface area (Å²) in [5.41, 5.74) is 4.54. The maximum atomic E-state index is 13.7. The van der Waals surface area contributed by atoms with Gasteiger partial charge in [-0.1, -0.05) is 29.8 Å². The first-order valence-electron chi connectivity index (χ1n) is 10.4. The van der Waals surface area contributed by atoms with Gasteiger partial charge in [-0.3, -0.25) is 9.78 Å². The zero-order valence-corrected chi connectivity index (χ0v) is 19.7. The molecule has 0 aliphatic heterocycles. The van der Waals surface area contributed by atoms with Gasteiger partial charge in [0, 0.05) is 52.3 Å². The second-order valence-electron chi connectivity index (χ2n) is 7.66. The average Bonchev–Trinajstić information content (AvgIpc) is 3.44. The number of fused-ring (bicyclic) bond motifs is 1. The van der Waals surface area contributed by atoms with Crippen molar-refractivity contribution >= 4 is 39.6 Å². The molecule has 0 spiro atoms. The summed E-state index contributed by atoms with van der Waals surface area (Å²) in [4.78, 5) is 23.2. The minimum Gasteiger partial charge on any atom is -0.497 e. The summed E-state index contributed by atoms with van der Waals surface area (Å²) in [5.74, 6) is 0.608. The second-order valence-corrected chi connectivity index (χ2v) is 9.12. The van der Waals surface area contributed by atoms with E-state index in [1.165, 1.54) is 11.3 Å². The van der Waals surface area contributed by atoms with Crippen LogP contribution in [-0.2, 0) is 6.54 Å². The van der Waals surface area contributed by atoms with Crippen molar-refractivity contribution in [2.45, 2.75) is 13.5 Å². The highest BCUT2D eigenvalue weighted by molar-refractivity contribution is 7.17. The van der Waals surface area contributed by atoms with E-state index in [0.29, 0.717) is 27.9 Å². The van der Waals surface area contributed by atoms with Crippen LogP contribution in [0, 0.1) is 6.92 Å². The molecule has 33 heavy (non-hydrogen) atoms. The fourth-order valence-electron chi connectivity index (χ4n) is 3.98. The lowest BCUT2D eigenvalue weighted by atomic mass is 10.1. The van der Waals surface area contributed by atoms with Crippen LogP contribution in [0.1, 0.15) is 26.6 Å². The predicted molar refractivity (Wildman–Crippen MR) is 133 cm³/mol. The van der Waals surface area contributed by atoms with Crippen molar-refractivity contribution in [3.63, 3.8) is 0 Å². The van der Waals surface area contributed by atoms with Crippen LogP contribution >= 0.6 is 22.9 Å². The number of carbonyl (C=O) groups excluding carboxylic acids is 1. The van der Waals surface area contributed by atoms with Gasteiger partial charge in [-0.25, -0.2) is 4.98 Å². The zero-order valence-electron chi connectivity index (χ0n) is 18.1. The van der Waals surface area contributed by atoms with Crippen LogP contribution in [0.2, 0.25) is 5.02 Å². The molecule has 0 atom stereocenters. The van der Waals surface area contributed by atoms with E-state index >= 15 is 0 Å². The molecule has 0 bridgehead atoms. The lowest BCUT2D eigenvalue weighted by Crippen LogP contribution is -2.06. The smallest absolute Gasteiger partial charge is 0.223 e. The Morgan fingerprint density at radius 1 is 1.12 bits per heavy atom. The topological polar surface area (TPSA) is 57.0 Å². The van der Waals surface area contributed by atoms with Crippen molar-refractivity contribution in [3.05, 3.63) is 100 Å². The van der Waals surface area contributed by atoms with Crippen LogP contribution in [0.3, 0.4) is 0 Å². The third kappa shape index (κ3) is 4.03. The minimum absolute atomic E-state index is 0.0965. The molecule has 5 nitrogen and oxygen atoms in total. The number of ether oxygens (including phenoxy) is 1. The number of nitrogens with zero attached hydrogens (tertiary/aromatic N) is 3. The quantitative estimate of drug-likeness (QED) is 0.267. The van der Waals surface area contributed by atoms with Crippen LogP contribution in [0.25, 0.3) is 21.3 Å². The number of methoxy groups -OCH3 is 1. The largest absolute Gasteiger partial charge is 0.497 e. The molecule has 0 aliphatic rings. The standard InChI is InChI=1S/C26H20ClN3O2S/c1-16-24(25(31)26-29-14-23(33-26)18-4-3-11-28-13-18)21-12-20(32-2)9-10-22(21)30(16)15-17-5-7-19(27)8-6-17/h3-14H,15H2,1-2H3. The van der Waals surface area contributed by atoms with Crippen LogP contribution in [0.5, 0.6) is 5.75 Å². The summed E-state index contributed by atoms with van der Waals surface area (Å²) >= 11 is 7.43. The fraction of sp³-hybridized carbons (Fsp3) is 0.115. The molecule has 0 N–H and O–H groups in total. The minimum atomic E-state index is -0.0965. The molecule has 0 fully saturated rings. The summed E-state index contributed by atoms with van der Waals surface area (Å²) in [6.45, 7) is 2.60. The van der Waals surface area contributed by atoms with Gasteiger partial charge in [-0.15, -0.1) is 11.3 Å². The van der Waals surface area contributed by atoms with Gasteiger partial charge in [0.2, 0.25) is 5.78 Å². The van der Waals surface area contributed by atoms with Crippen molar-refractivity contribution < 1.29 is 9.53 Å². The van der Waals surface area contributed by atoms with Gasteiger partial charge in [0.1, 0.15) is 5.75 Å². The molecule has 5 rings (SSSR count). The second kappa shape index (κ2) is 8.81. The number of carbonyl (C=O) groups is 1. The highest BCUT2D eigenvalue weighted by atomic mass is 35.5. The monoisotopic (exact) mass is 473 g/mol. The van der Waals surface area contributed by atoms with E-state index in [9.17, 15) is 4.79 Å². The highest BCUT2D eigenvalue weighted by Gasteiger charge is 2.24. The molecule has 164 valence electrons. The molecule has 3 heterocycles. The van der Waals surface area contributed by atoms with Crippen molar-refractivity contribution in [2.75, 3.05) is 7.11 Å². The first-order valence-corrected chi connectivity index (χ1v) is 11.6. The number of pyridine rings is 1. The predicted octanol–water partition coefficient (Wildman–Crippen LogP) is 6.41. The summed E-state index contributed by atoms with van der Waals surface area (Å²) in [6, 6.07) is 17.4. The zero-order chi connectivity index (χ0) is 22.9. The molecule has 0 unspecified atom stereocenters. The number of hydrogen-bond acceptors (Lipinski definition) is 5. The Bertz CT molecular complexity index is 1460. The number of halogens is 1. The van der Waals surface area contributed by atoms with Crippen LogP contribution in [0.4, 0.5) is 0 Å². The third-order valence-electron chi connectivity index (χ3n) is 5.66. The summed E-state index contributed by atoms with van der Waals surface area (Å²) in [7, 11) is 1.63. The maximum Gasteiger partial charge on any atom is 0.223 e. The van der Waals surface area contributed by atoms with E-state index in [1.54, 1.807) is 25.7 Å². The fourth-order valence-corrected chi connectivity index (χ4v) is 4.96. The third-order valence-corrected chi connectivity index (χ3v) is 6.95. The lowest BCUT2D eigenvalue weighted by molar-refractivity contribution is 0.103. The number of thiazole rings is 1. The number of benzene rings is 2. The molecule has 2 aromatic carbocycles. The van der Waals surface area contributed by atoms with Crippen LogP contribution in [-0.4, -0.2) is 27.4 Å². The molecule has 0 amide bonds.